The second-order valence-electron chi connectivity index (χ2n) is 9.51. The van der Waals surface area contributed by atoms with E-state index in [1.54, 1.807) is 40.8 Å². The maximum absolute atomic E-state index is 14.5. The number of nitrogens with zero attached hydrogens (tertiary/aromatic N) is 5. The van der Waals surface area contributed by atoms with Crippen molar-refractivity contribution in [2.75, 3.05) is 11.9 Å². The first-order chi connectivity index (χ1) is 18.9. The summed E-state index contributed by atoms with van der Waals surface area (Å²) in [4.78, 5) is 44.5. The highest BCUT2D eigenvalue weighted by molar-refractivity contribution is 7.16. The number of carbonyl (C=O) groups is 3. The van der Waals surface area contributed by atoms with Crippen LogP contribution in [0, 0.1) is 0 Å². The highest BCUT2D eigenvalue weighted by atomic mass is 32.1. The van der Waals surface area contributed by atoms with E-state index in [2.05, 4.69) is 20.5 Å². The van der Waals surface area contributed by atoms with Gasteiger partial charge >= 0.3 is 0 Å². The Kier molecular flexibility index (Phi) is 6.35. The number of halogens is 1. The third-order valence-corrected chi connectivity index (χ3v) is 7.75. The third-order valence-electron chi connectivity index (χ3n) is 6.96. The molecule has 1 aliphatic heterocycles. The molecule has 2 amide bonds. The van der Waals surface area contributed by atoms with Crippen LogP contribution in [0.4, 0.5) is 10.1 Å². The van der Waals surface area contributed by atoms with Crippen LogP contribution in [0.25, 0.3) is 32.2 Å². The number of thiazole rings is 1. The summed E-state index contributed by atoms with van der Waals surface area (Å²) in [7, 11) is 0. The van der Waals surface area contributed by atoms with Gasteiger partial charge in [-0.25, -0.2) is 9.37 Å². The first-order valence-electron chi connectivity index (χ1n) is 12.4. The van der Waals surface area contributed by atoms with Gasteiger partial charge in [0.25, 0.3) is 0 Å². The van der Waals surface area contributed by atoms with Crippen molar-refractivity contribution in [1.29, 1.82) is 0 Å². The molecule has 6 rings (SSSR count). The number of amides is 2. The first-order valence-corrected chi connectivity index (χ1v) is 13.2. The number of fused-ring (bicyclic) bond motifs is 2. The summed E-state index contributed by atoms with van der Waals surface area (Å²) in [6.45, 7) is 1.17. The molecule has 1 N–H and O–H groups in total. The Hall–Kier alpha value is -4.51. The molecule has 0 unspecified atom stereocenters. The van der Waals surface area contributed by atoms with Gasteiger partial charge in [-0.05, 0) is 48.9 Å². The van der Waals surface area contributed by atoms with Crippen molar-refractivity contribution in [2.24, 2.45) is 0 Å². The highest BCUT2D eigenvalue weighted by Crippen LogP contribution is 2.29. The molecule has 2 aromatic carbocycles. The minimum absolute atomic E-state index is 0.0746. The van der Waals surface area contributed by atoms with Gasteiger partial charge in [-0.3, -0.25) is 14.4 Å². The molecule has 0 bridgehead atoms. The number of carbonyl (C=O) groups excluding carboxylic acids is 3. The minimum Gasteiger partial charge on any atom is -0.337 e. The lowest BCUT2D eigenvalue weighted by atomic mass is 10.0. The van der Waals surface area contributed by atoms with Crippen molar-refractivity contribution in [3.05, 3.63) is 72.1 Å². The Morgan fingerprint density at radius 1 is 1.10 bits per heavy atom. The molecular formula is C28H23FN6O3S. The van der Waals surface area contributed by atoms with Crippen molar-refractivity contribution in [1.82, 2.24) is 24.6 Å². The first kappa shape index (κ1) is 24.8. The van der Waals surface area contributed by atoms with Gasteiger partial charge in [0.1, 0.15) is 18.8 Å². The number of aromatic nitrogens is 4. The van der Waals surface area contributed by atoms with Crippen LogP contribution in [0.3, 0.4) is 0 Å². The van der Waals surface area contributed by atoms with E-state index < -0.39 is 24.0 Å². The second kappa shape index (κ2) is 9.99. The Labute approximate surface area is 226 Å². The third kappa shape index (κ3) is 4.76. The number of hydrogen-bond acceptors (Lipinski definition) is 7. The largest absolute Gasteiger partial charge is 0.337 e. The lowest BCUT2D eigenvalue weighted by molar-refractivity contribution is -0.137. The van der Waals surface area contributed by atoms with Crippen LogP contribution in [0.5, 0.6) is 0 Å². The molecular weight excluding hydrogens is 519 g/mol. The maximum Gasteiger partial charge on any atom is 0.247 e. The monoisotopic (exact) mass is 542 g/mol. The molecule has 0 saturated carbocycles. The van der Waals surface area contributed by atoms with Crippen LogP contribution >= 0.6 is 11.3 Å². The van der Waals surface area contributed by atoms with E-state index in [0.717, 1.165) is 21.3 Å². The van der Waals surface area contributed by atoms with E-state index in [1.165, 1.54) is 23.2 Å². The van der Waals surface area contributed by atoms with Crippen LogP contribution in [0.2, 0.25) is 0 Å². The topological polar surface area (TPSA) is 110 Å². The minimum atomic E-state index is -1.31. The quantitative estimate of drug-likeness (QED) is 0.317. The molecule has 1 saturated heterocycles. The molecule has 0 spiro atoms. The summed E-state index contributed by atoms with van der Waals surface area (Å²) >= 11 is 1.45. The van der Waals surface area contributed by atoms with E-state index in [-0.39, 0.29) is 25.3 Å². The number of alkyl halides is 1. The van der Waals surface area contributed by atoms with Crippen LogP contribution in [0.1, 0.15) is 23.7 Å². The fraction of sp³-hybridized carbons (Fsp3) is 0.214. The second-order valence-corrected chi connectivity index (χ2v) is 10.4. The normalized spacial score (nSPS) is 17.1. The molecule has 4 heterocycles. The Morgan fingerprint density at radius 3 is 2.77 bits per heavy atom. The summed E-state index contributed by atoms with van der Waals surface area (Å²) in [6, 6.07) is 11.8. The predicted octanol–water partition coefficient (Wildman–Crippen LogP) is 4.49. The van der Waals surface area contributed by atoms with E-state index >= 15 is 0 Å². The summed E-state index contributed by atoms with van der Waals surface area (Å²) in [6.07, 6.45) is 3.49. The van der Waals surface area contributed by atoms with Gasteiger partial charge in [0.15, 0.2) is 5.78 Å². The molecule has 39 heavy (non-hydrogen) atoms. The van der Waals surface area contributed by atoms with Crippen LogP contribution < -0.4 is 5.32 Å². The Morgan fingerprint density at radius 2 is 1.97 bits per heavy atom. The van der Waals surface area contributed by atoms with Crippen molar-refractivity contribution >= 4 is 55.7 Å². The number of Topliss-reactive ketones (excluding diaryl/α,β-unsaturated/α-hetero) is 1. The molecule has 196 valence electrons. The molecule has 9 nitrogen and oxygen atoms in total. The standard InChI is InChI=1S/C28H23FN6O3S/c1-16(36)22-13-34(24-5-2-17(8-21(22)24)18-6-7-31-32-11-18)14-27(37)35-12-19(29)9-25(35)28(38)33-20-3-4-23-26(10-20)39-15-30-23/h2-8,10-11,13,15,19,25H,9,12,14H2,1H3,(H,33,38)/t19-,25+/m1/s1. The molecule has 0 radical (unpaired) electrons. The van der Waals surface area contributed by atoms with Crippen molar-refractivity contribution in [3.8, 4) is 11.1 Å². The van der Waals surface area contributed by atoms with Crippen molar-refractivity contribution in [3.63, 3.8) is 0 Å². The van der Waals surface area contributed by atoms with Gasteiger partial charge in [0.2, 0.25) is 11.8 Å². The number of rotatable bonds is 6. The summed E-state index contributed by atoms with van der Waals surface area (Å²) in [5, 5.41) is 11.2. The number of likely N-dealkylation sites (tertiary alicyclic amines) is 1. The zero-order valence-corrected chi connectivity index (χ0v) is 21.7. The van der Waals surface area contributed by atoms with Crippen LogP contribution in [0.15, 0.2) is 66.6 Å². The van der Waals surface area contributed by atoms with Gasteiger partial charge in [-0.15, -0.1) is 11.3 Å². The fourth-order valence-corrected chi connectivity index (χ4v) is 5.77. The summed E-state index contributed by atoms with van der Waals surface area (Å²) < 4.78 is 17.1. The average Bonchev–Trinajstić information content (AvgIpc) is 3.65. The molecule has 1 fully saturated rings. The SMILES string of the molecule is CC(=O)c1cn(CC(=O)N2C[C@H](F)C[C@H]2C(=O)Nc2ccc3ncsc3c2)c2ccc(-c3ccnnc3)cc12. The molecule has 3 aromatic heterocycles. The van der Waals surface area contributed by atoms with Gasteiger partial charge in [-0.1, -0.05) is 6.07 Å². The van der Waals surface area contributed by atoms with Gasteiger partial charge in [0, 0.05) is 40.3 Å². The van der Waals surface area contributed by atoms with Gasteiger partial charge < -0.3 is 14.8 Å². The number of anilines is 1. The Bertz CT molecular complexity index is 1730. The number of nitrogens with one attached hydrogen (secondary N) is 1. The number of hydrogen-bond donors (Lipinski definition) is 1. The van der Waals surface area contributed by atoms with Gasteiger partial charge in [0.05, 0.1) is 34.7 Å². The summed E-state index contributed by atoms with van der Waals surface area (Å²) in [5.41, 5.74) is 5.98. The molecule has 0 aliphatic carbocycles. The lowest BCUT2D eigenvalue weighted by Crippen LogP contribution is -2.44. The van der Waals surface area contributed by atoms with Crippen LogP contribution in [-0.4, -0.2) is 61.0 Å². The molecule has 1 aliphatic rings. The zero-order chi connectivity index (χ0) is 27.1. The lowest BCUT2D eigenvalue weighted by Gasteiger charge is -2.24. The highest BCUT2D eigenvalue weighted by Gasteiger charge is 2.40. The molecule has 2 atom stereocenters. The predicted molar refractivity (Wildman–Crippen MR) is 146 cm³/mol. The van der Waals surface area contributed by atoms with Crippen LogP contribution in [-0.2, 0) is 16.1 Å². The maximum atomic E-state index is 14.5. The van der Waals surface area contributed by atoms with E-state index in [0.29, 0.717) is 22.2 Å². The van der Waals surface area contributed by atoms with E-state index in [4.69, 9.17) is 0 Å². The van der Waals surface area contributed by atoms with Crippen molar-refractivity contribution in [2.45, 2.75) is 32.1 Å². The van der Waals surface area contributed by atoms with Crippen molar-refractivity contribution < 1.29 is 18.8 Å². The average molecular weight is 543 g/mol. The van der Waals surface area contributed by atoms with Gasteiger partial charge in [-0.2, -0.15) is 10.2 Å². The van der Waals surface area contributed by atoms with E-state index in [9.17, 15) is 18.8 Å². The van der Waals surface area contributed by atoms with E-state index in [1.807, 2.05) is 30.3 Å². The molecule has 11 heteroatoms. The smallest absolute Gasteiger partial charge is 0.247 e. The fourth-order valence-electron chi connectivity index (χ4n) is 5.05. The number of benzene rings is 2. The molecule has 5 aromatic rings. The number of ketones is 1. The zero-order valence-electron chi connectivity index (χ0n) is 20.9. The Balaban J connectivity index is 1.25. The summed E-state index contributed by atoms with van der Waals surface area (Å²) in [5.74, 6) is -0.983.